The normalized spacial score (nSPS) is 19.1. The topological polar surface area (TPSA) is 79.7 Å². The van der Waals surface area contributed by atoms with Gasteiger partial charge in [-0.25, -0.2) is 4.39 Å². The number of nitrogens with zero attached hydrogens (tertiary/aromatic N) is 2. The zero-order valence-electron chi connectivity index (χ0n) is 16.2. The maximum atomic E-state index is 13.8. The van der Waals surface area contributed by atoms with Crippen LogP contribution in [-0.4, -0.2) is 39.9 Å². The van der Waals surface area contributed by atoms with E-state index in [1.54, 1.807) is 24.3 Å². The van der Waals surface area contributed by atoms with Crippen LogP contribution in [-0.2, 0) is 4.74 Å². The molecule has 0 bridgehead atoms. The smallest absolute Gasteiger partial charge is 0.394 e. The fourth-order valence-electron chi connectivity index (χ4n) is 3.19. The molecule has 0 aliphatic carbocycles. The molecule has 6 nitrogen and oxygen atoms in total. The second-order valence-corrected chi connectivity index (χ2v) is 7.55. The molecule has 2 aromatic carbocycles. The minimum absolute atomic E-state index is 0.0329. The fraction of sp³-hybridized carbons (Fsp3) is 0.238. The Balaban J connectivity index is 1.75. The molecule has 2 N–H and O–H groups in total. The lowest BCUT2D eigenvalue weighted by atomic mass is 10.1. The number of aliphatic hydroxyl groups excluding tert-OH is 1. The molecular weight excluding hydrogens is 454 g/mol. The summed E-state index contributed by atoms with van der Waals surface area (Å²) in [5.74, 6) is -0.590. The SMILES string of the molecule is O=c1c(C2OC2NC(CO)C(F)(F)F)cc(-c2ccc(Cl)cc2)nn1-c1cccc(F)c1. The van der Waals surface area contributed by atoms with Crippen molar-refractivity contribution < 1.29 is 27.4 Å². The lowest BCUT2D eigenvalue weighted by molar-refractivity contribution is -0.165. The van der Waals surface area contributed by atoms with Crippen LogP contribution in [0.25, 0.3) is 16.9 Å². The van der Waals surface area contributed by atoms with E-state index >= 15 is 0 Å². The van der Waals surface area contributed by atoms with Gasteiger partial charge < -0.3 is 9.84 Å². The van der Waals surface area contributed by atoms with Gasteiger partial charge >= 0.3 is 6.18 Å². The maximum absolute atomic E-state index is 13.8. The second-order valence-electron chi connectivity index (χ2n) is 7.11. The number of aromatic nitrogens is 2. The third-order valence-corrected chi connectivity index (χ3v) is 5.13. The van der Waals surface area contributed by atoms with Crippen molar-refractivity contribution in [3.8, 4) is 16.9 Å². The molecule has 0 amide bonds. The molecular formula is C21H16ClF4N3O3. The van der Waals surface area contributed by atoms with E-state index < -0.39 is 42.5 Å². The zero-order valence-corrected chi connectivity index (χ0v) is 16.9. The second kappa shape index (κ2) is 8.62. The molecule has 1 aromatic heterocycles. The first-order valence-corrected chi connectivity index (χ1v) is 9.80. The van der Waals surface area contributed by atoms with Gasteiger partial charge in [-0.2, -0.15) is 23.0 Å². The molecule has 1 fully saturated rings. The molecule has 2 heterocycles. The number of halogens is 5. The highest BCUT2D eigenvalue weighted by Crippen LogP contribution is 2.38. The molecule has 3 aromatic rings. The number of rotatable bonds is 6. The minimum Gasteiger partial charge on any atom is -0.394 e. The molecule has 4 rings (SSSR count). The van der Waals surface area contributed by atoms with Crippen molar-refractivity contribution in [1.82, 2.24) is 15.1 Å². The molecule has 0 spiro atoms. The van der Waals surface area contributed by atoms with E-state index in [1.165, 1.54) is 24.3 Å². The van der Waals surface area contributed by atoms with Gasteiger partial charge in [0.05, 0.1) is 23.6 Å². The molecule has 1 saturated heterocycles. The molecule has 32 heavy (non-hydrogen) atoms. The van der Waals surface area contributed by atoms with Crippen LogP contribution in [0.4, 0.5) is 17.6 Å². The first-order valence-electron chi connectivity index (χ1n) is 9.42. The van der Waals surface area contributed by atoms with E-state index in [0.717, 1.165) is 10.7 Å². The first kappa shape index (κ1) is 22.4. The Morgan fingerprint density at radius 2 is 1.91 bits per heavy atom. The maximum Gasteiger partial charge on any atom is 0.406 e. The van der Waals surface area contributed by atoms with Crippen LogP contribution in [0, 0.1) is 5.82 Å². The van der Waals surface area contributed by atoms with Gasteiger partial charge in [-0.15, -0.1) is 0 Å². The van der Waals surface area contributed by atoms with Crippen molar-refractivity contribution in [3.05, 3.63) is 81.4 Å². The van der Waals surface area contributed by atoms with Crippen molar-refractivity contribution in [2.45, 2.75) is 24.6 Å². The fourth-order valence-corrected chi connectivity index (χ4v) is 3.31. The lowest BCUT2D eigenvalue weighted by Gasteiger charge is -2.18. The Morgan fingerprint density at radius 1 is 1.19 bits per heavy atom. The van der Waals surface area contributed by atoms with Gasteiger partial charge in [0.15, 0.2) is 0 Å². The van der Waals surface area contributed by atoms with Gasteiger partial charge in [-0.05, 0) is 36.4 Å². The number of nitrogens with one attached hydrogen (secondary N) is 1. The molecule has 11 heteroatoms. The summed E-state index contributed by atoms with van der Waals surface area (Å²) in [7, 11) is 0. The van der Waals surface area contributed by atoms with E-state index in [1.807, 2.05) is 0 Å². The number of hydrogen-bond acceptors (Lipinski definition) is 5. The van der Waals surface area contributed by atoms with Crippen LogP contribution in [0.5, 0.6) is 0 Å². The summed E-state index contributed by atoms with van der Waals surface area (Å²) in [4.78, 5) is 13.1. The molecule has 168 valence electrons. The van der Waals surface area contributed by atoms with E-state index in [9.17, 15) is 22.4 Å². The average Bonchev–Trinajstić information content (AvgIpc) is 3.51. The van der Waals surface area contributed by atoms with Gasteiger partial charge in [0.1, 0.15) is 24.2 Å². The molecule has 1 aliphatic rings. The van der Waals surface area contributed by atoms with Crippen LogP contribution in [0.1, 0.15) is 11.7 Å². The third kappa shape index (κ3) is 4.68. The van der Waals surface area contributed by atoms with Gasteiger partial charge in [0.25, 0.3) is 5.56 Å². The van der Waals surface area contributed by atoms with Crippen molar-refractivity contribution in [2.75, 3.05) is 6.61 Å². The Morgan fingerprint density at radius 3 is 2.53 bits per heavy atom. The number of hydrogen-bond donors (Lipinski definition) is 2. The Bertz CT molecular complexity index is 1180. The Kier molecular flexibility index (Phi) is 6.04. The molecule has 0 saturated carbocycles. The van der Waals surface area contributed by atoms with Gasteiger partial charge in [-0.1, -0.05) is 29.8 Å². The summed E-state index contributed by atoms with van der Waals surface area (Å²) in [5, 5.41) is 15.9. The third-order valence-electron chi connectivity index (χ3n) is 4.87. The van der Waals surface area contributed by atoms with Crippen molar-refractivity contribution in [1.29, 1.82) is 0 Å². The van der Waals surface area contributed by atoms with Crippen LogP contribution in [0.3, 0.4) is 0 Å². The van der Waals surface area contributed by atoms with Crippen LogP contribution in [0.2, 0.25) is 5.02 Å². The van der Waals surface area contributed by atoms with Crippen molar-refractivity contribution in [2.24, 2.45) is 0 Å². The summed E-state index contributed by atoms with van der Waals surface area (Å²) in [6.07, 6.45) is -6.84. The summed E-state index contributed by atoms with van der Waals surface area (Å²) < 4.78 is 58.9. The number of epoxide rings is 1. The van der Waals surface area contributed by atoms with Crippen molar-refractivity contribution in [3.63, 3.8) is 0 Å². The predicted octanol–water partition coefficient (Wildman–Crippen LogP) is 3.60. The van der Waals surface area contributed by atoms with Gasteiger partial charge in [-0.3, -0.25) is 10.1 Å². The van der Waals surface area contributed by atoms with E-state index in [4.69, 9.17) is 21.4 Å². The van der Waals surface area contributed by atoms with Crippen LogP contribution in [0.15, 0.2) is 59.4 Å². The largest absolute Gasteiger partial charge is 0.406 e. The van der Waals surface area contributed by atoms with Crippen LogP contribution >= 0.6 is 11.6 Å². The van der Waals surface area contributed by atoms with Crippen LogP contribution < -0.4 is 10.9 Å². The van der Waals surface area contributed by atoms with E-state index in [0.29, 0.717) is 16.3 Å². The van der Waals surface area contributed by atoms with E-state index in [-0.39, 0.29) is 11.3 Å². The highest BCUT2D eigenvalue weighted by atomic mass is 35.5. The number of benzene rings is 2. The average molecular weight is 470 g/mol. The number of aliphatic hydroxyl groups is 1. The van der Waals surface area contributed by atoms with Gasteiger partial charge in [0.2, 0.25) is 0 Å². The summed E-state index contributed by atoms with van der Waals surface area (Å²) in [6.45, 7) is -1.18. The number of alkyl halides is 3. The molecule has 3 unspecified atom stereocenters. The van der Waals surface area contributed by atoms with Gasteiger partial charge in [0, 0.05) is 10.6 Å². The Hall–Kier alpha value is -2.79. The first-order chi connectivity index (χ1) is 15.2. The quantitative estimate of drug-likeness (QED) is 0.426. The standard InChI is InChI=1S/C21H16ClF4N3O3/c22-12-6-4-11(5-7-12)16-9-15(18-19(32-18)27-17(10-30)21(24,25)26)20(31)29(28-16)14-3-1-2-13(23)8-14/h1-9,17-19,27,30H,10H2. The highest BCUT2D eigenvalue weighted by Gasteiger charge is 2.49. The highest BCUT2D eigenvalue weighted by molar-refractivity contribution is 6.30. The molecule has 3 atom stereocenters. The minimum atomic E-state index is -4.69. The molecule has 1 aliphatic heterocycles. The predicted molar refractivity (Wildman–Crippen MR) is 108 cm³/mol. The Labute approximate surface area is 184 Å². The summed E-state index contributed by atoms with van der Waals surface area (Å²) in [5.41, 5.74) is 0.389. The lowest BCUT2D eigenvalue weighted by Crippen LogP contribution is -2.46. The van der Waals surface area contributed by atoms with E-state index in [2.05, 4.69) is 10.4 Å². The number of ether oxygens (including phenoxy) is 1. The summed E-state index contributed by atoms with van der Waals surface area (Å²) in [6, 6.07) is 10.9. The zero-order chi connectivity index (χ0) is 23.0. The monoisotopic (exact) mass is 469 g/mol. The van der Waals surface area contributed by atoms with Crippen molar-refractivity contribution >= 4 is 11.6 Å². The molecule has 0 radical (unpaired) electrons. The summed E-state index contributed by atoms with van der Waals surface area (Å²) >= 11 is 5.92.